The molecule has 1 N–H and O–H groups in total. The molecular weight excluding hydrogens is 234 g/mol. The van der Waals surface area contributed by atoms with Gasteiger partial charge in [-0.3, -0.25) is 10.00 Å². The van der Waals surface area contributed by atoms with E-state index in [-0.39, 0.29) is 5.97 Å². The van der Waals surface area contributed by atoms with Gasteiger partial charge in [-0.15, -0.1) is 0 Å². The molecule has 0 aromatic carbocycles. The molecule has 0 saturated heterocycles. The van der Waals surface area contributed by atoms with Crippen LogP contribution in [-0.2, 0) is 20.8 Å². The Balaban J connectivity index is 2.70. The number of nitrogens with zero attached hydrogens (tertiary/aromatic N) is 2. The van der Waals surface area contributed by atoms with Crippen molar-refractivity contribution >= 4 is 5.97 Å². The van der Waals surface area contributed by atoms with Crippen molar-refractivity contribution in [1.82, 2.24) is 15.1 Å². The monoisotopic (exact) mass is 255 g/mol. The molecule has 0 aliphatic rings. The zero-order chi connectivity index (χ0) is 13.4. The highest BCUT2D eigenvalue weighted by molar-refractivity contribution is 5.77. The van der Waals surface area contributed by atoms with Crippen molar-refractivity contribution in [3.8, 4) is 0 Å². The molecule has 102 valence electrons. The Labute approximate surface area is 107 Å². The van der Waals surface area contributed by atoms with Crippen LogP contribution < -0.4 is 5.32 Å². The molecule has 1 aromatic heterocycles. The maximum absolute atomic E-state index is 11.7. The summed E-state index contributed by atoms with van der Waals surface area (Å²) in [7, 11) is 3.00. The van der Waals surface area contributed by atoms with Gasteiger partial charge < -0.3 is 9.47 Å². The van der Waals surface area contributed by atoms with Crippen molar-refractivity contribution in [3.05, 3.63) is 18.0 Å². The largest absolute Gasteiger partial charge is 0.468 e. The van der Waals surface area contributed by atoms with Crippen LogP contribution in [0.5, 0.6) is 0 Å². The average Bonchev–Trinajstić information content (AvgIpc) is 2.83. The number of carbonyl (C=O) groups excluding carboxylic acids is 1. The summed E-state index contributed by atoms with van der Waals surface area (Å²) in [6.07, 6.45) is 4.56. The van der Waals surface area contributed by atoms with E-state index in [9.17, 15) is 4.79 Å². The van der Waals surface area contributed by atoms with E-state index < -0.39 is 6.04 Å². The van der Waals surface area contributed by atoms with Crippen LogP contribution in [0.3, 0.4) is 0 Å². The van der Waals surface area contributed by atoms with Gasteiger partial charge in [0.2, 0.25) is 0 Å². The first-order chi connectivity index (χ1) is 8.72. The average molecular weight is 255 g/mol. The Hall–Kier alpha value is -1.40. The maximum Gasteiger partial charge on any atom is 0.327 e. The van der Waals surface area contributed by atoms with Crippen LogP contribution in [0.15, 0.2) is 12.4 Å². The minimum Gasteiger partial charge on any atom is -0.468 e. The molecule has 6 nitrogen and oxygen atoms in total. The summed E-state index contributed by atoms with van der Waals surface area (Å²) in [4.78, 5) is 11.7. The van der Waals surface area contributed by atoms with E-state index in [0.717, 1.165) is 18.5 Å². The molecular formula is C12H21N3O3. The van der Waals surface area contributed by atoms with Gasteiger partial charge in [0, 0.05) is 32.0 Å². The van der Waals surface area contributed by atoms with Crippen molar-refractivity contribution in [2.45, 2.75) is 25.9 Å². The van der Waals surface area contributed by atoms with Crippen molar-refractivity contribution in [2.24, 2.45) is 0 Å². The Morgan fingerprint density at radius 2 is 2.33 bits per heavy atom. The van der Waals surface area contributed by atoms with Gasteiger partial charge in [-0.1, -0.05) is 6.92 Å². The smallest absolute Gasteiger partial charge is 0.327 e. The summed E-state index contributed by atoms with van der Waals surface area (Å²) >= 11 is 0. The Morgan fingerprint density at radius 3 is 2.94 bits per heavy atom. The van der Waals surface area contributed by atoms with Crippen LogP contribution in [0.25, 0.3) is 0 Å². The second-order valence-corrected chi connectivity index (χ2v) is 3.94. The molecule has 0 radical (unpaired) electrons. The molecule has 6 heteroatoms. The molecule has 1 rings (SSSR count). The molecule has 1 heterocycles. The molecule has 1 unspecified atom stereocenters. The molecule has 0 spiro atoms. The number of hydrogen-bond donors (Lipinski definition) is 1. The van der Waals surface area contributed by atoms with Gasteiger partial charge in [0.1, 0.15) is 6.04 Å². The number of esters is 1. The second-order valence-electron chi connectivity index (χ2n) is 3.94. The summed E-state index contributed by atoms with van der Waals surface area (Å²) in [6.45, 7) is 4.04. The number of hydrogen-bond acceptors (Lipinski definition) is 5. The normalized spacial score (nSPS) is 12.4. The minimum absolute atomic E-state index is 0.317. The number of nitrogens with one attached hydrogen (secondary N) is 1. The summed E-state index contributed by atoms with van der Waals surface area (Å²) < 4.78 is 11.6. The van der Waals surface area contributed by atoms with E-state index in [4.69, 9.17) is 9.47 Å². The van der Waals surface area contributed by atoms with Crippen LogP contribution in [-0.4, -0.2) is 43.1 Å². The maximum atomic E-state index is 11.7. The van der Waals surface area contributed by atoms with Crippen molar-refractivity contribution < 1.29 is 14.3 Å². The van der Waals surface area contributed by atoms with Crippen molar-refractivity contribution in [1.29, 1.82) is 0 Å². The predicted octanol–water partition coefficient (Wildman–Crippen LogP) is 0.743. The summed E-state index contributed by atoms with van der Waals surface area (Å²) in [5, 5.41) is 7.30. The minimum atomic E-state index is -0.490. The Kier molecular flexibility index (Phi) is 6.38. The first kappa shape index (κ1) is 14.7. The van der Waals surface area contributed by atoms with Gasteiger partial charge >= 0.3 is 5.97 Å². The van der Waals surface area contributed by atoms with Crippen LogP contribution in [0, 0.1) is 0 Å². The lowest BCUT2D eigenvalue weighted by molar-refractivity contribution is -0.143. The lowest BCUT2D eigenvalue weighted by Gasteiger charge is -2.14. The van der Waals surface area contributed by atoms with E-state index in [2.05, 4.69) is 17.3 Å². The fourth-order valence-electron chi connectivity index (χ4n) is 1.64. The van der Waals surface area contributed by atoms with Gasteiger partial charge in [-0.05, 0) is 6.42 Å². The van der Waals surface area contributed by atoms with Crippen molar-refractivity contribution in [3.63, 3.8) is 0 Å². The highest BCUT2D eigenvalue weighted by Gasteiger charge is 2.22. The first-order valence-corrected chi connectivity index (χ1v) is 6.05. The third kappa shape index (κ3) is 4.12. The van der Waals surface area contributed by atoms with Crippen LogP contribution >= 0.6 is 0 Å². The van der Waals surface area contributed by atoms with Crippen molar-refractivity contribution in [2.75, 3.05) is 27.4 Å². The highest BCUT2D eigenvalue weighted by Crippen LogP contribution is 2.13. The Morgan fingerprint density at radius 1 is 1.56 bits per heavy atom. The van der Waals surface area contributed by atoms with E-state index >= 15 is 0 Å². The molecule has 0 amide bonds. The topological polar surface area (TPSA) is 65.4 Å². The molecule has 0 aliphatic heterocycles. The molecule has 0 aliphatic carbocycles. The second kappa shape index (κ2) is 7.84. The zero-order valence-electron chi connectivity index (χ0n) is 11.2. The van der Waals surface area contributed by atoms with E-state index in [1.807, 2.05) is 10.9 Å². The van der Waals surface area contributed by atoms with E-state index in [1.54, 1.807) is 13.3 Å². The number of aryl methyl sites for hydroxylation is 1. The molecule has 0 saturated carbocycles. The van der Waals surface area contributed by atoms with Gasteiger partial charge in [-0.25, -0.2) is 4.79 Å². The van der Waals surface area contributed by atoms with E-state index in [1.165, 1.54) is 7.11 Å². The quantitative estimate of drug-likeness (QED) is 0.548. The summed E-state index contributed by atoms with van der Waals surface area (Å²) in [5.74, 6) is -0.317. The van der Waals surface area contributed by atoms with Gasteiger partial charge in [0.05, 0.1) is 19.9 Å². The molecule has 1 aromatic rings. The summed E-state index contributed by atoms with van der Waals surface area (Å²) in [6, 6.07) is -0.490. The number of ether oxygens (including phenoxy) is 2. The standard InChI is InChI=1S/C12H21N3O3/c1-4-6-15-9-10(8-14-15)11(12(16)18-3)13-5-7-17-2/h8-9,11,13H,4-7H2,1-3H3. The molecule has 0 bridgehead atoms. The first-order valence-electron chi connectivity index (χ1n) is 6.05. The third-order valence-corrected chi connectivity index (χ3v) is 2.53. The van der Waals surface area contributed by atoms with Gasteiger partial charge in [0.15, 0.2) is 0 Å². The van der Waals surface area contributed by atoms with Crippen LogP contribution in [0.4, 0.5) is 0 Å². The third-order valence-electron chi connectivity index (χ3n) is 2.53. The number of aromatic nitrogens is 2. The van der Waals surface area contributed by atoms with Crippen LogP contribution in [0.1, 0.15) is 24.9 Å². The predicted molar refractivity (Wildman–Crippen MR) is 67.2 cm³/mol. The fraction of sp³-hybridized carbons (Fsp3) is 0.667. The highest BCUT2D eigenvalue weighted by atomic mass is 16.5. The molecule has 0 fully saturated rings. The fourth-order valence-corrected chi connectivity index (χ4v) is 1.64. The van der Waals surface area contributed by atoms with Gasteiger partial charge in [-0.2, -0.15) is 5.10 Å². The number of carbonyl (C=O) groups is 1. The Bertz CT molecular complexity index is 365. The van der Waals surface area contributed by atoms with Crippen LogP contribution in [0.2, 0.25) is 0 Å². The van der Waals surface area contributed by atoms with E-state index in [0.29, 0.717) is 13.2 Å². The lowest BCUT2D eigenvalue weighted by Crippen LogP contribution is -2.31. The summed E-state index contributed by atoms with van der Waals surface area (Å²) in [5.41, 5.74) is 0.811. The molecule has 1 atom stereocenters. The molecule has 18 heavy (non-hydrogen) atoms. The number of rotatable bonds is 8. The SMILES string of the molecule is CCCn1cc(C(NCCOC)C(=O)OC)cn1. The zero-order valence-corrected chi connectivity index (χ0v) is 11.2. The lowest BCUT2D eigenvalue weighted by atomic mass is 10.1. The number of methoxy groups -OCH3 is 2. The van der Waals surface area contributed by atoms with Gasteiger partial charge in [0.25, 0.3) is 0 Å².